The maximum absolute atomic E-state index is 14.2. The summed E-state index contributed by atoms with van der Waals surface area (Å²) in [7, 11) is 0. The first-order valence-electron chi connectivity index (χ1n) is 11.2. The third-order valence-corrected chi connectivity index (χ3v) is 6.45. The van der Waals surface area contributed by atoms with Gasteiger partial charge in [0.2, 0.25) is 5.91 Å². The second kappa shape index (κ2) is 9.38. The predicted molar refractivity (Wildman–Crippen MR) is 132 cm³/mol. The van der Waals surface area contributed by atoms with Crippen LogP contribution >= 0.6 is 11.6 Å². The molecule has 3 heterocycles. The minimum absolute atomic E-state index is 0.0131. The number of nitrogens with zero attached hydrogens (tertiary/aromatic N) is 4. The van der Waals surface area contributed by atoms with Gasteiger partial charge in [-0.3, -0.25) is 18.9 Å². The van der Waals surface area contributed by atoms with E-state index in [0.717, 1.165) is 18.4 Å². The molecule has 7 nitrogen and oxygen atoms in total. The lowest BCUT2D eigenvalue weighted by molar-refractivity contribution is -0.127. The summed E-state index contributed by atoms with van der Waals surface area (Å²) in [6, 6.07) is 13.0. The van der Waals surface area contributed by atoms with Crippen LogP contribution in [0.4, 0.5) is 4.39 Å². The maximum atomic E-state index is 14.2. The van der Waals surface area contributed by atoms with Crippen LogP contribution in [0.5, 0.6) is 11.5 Å². The molecule has 0 spiro atoms. The first kappa shape index (κ1) is 22.9. The zero-order valence-corrected chi connectivity index (χ0v) is 19.5. The number of hydrogen-bond donors (Lipinski definition) is 0. The number of carbonyl (C=O) groups excluding carboxylic acids is 1. The lowest BCUT2D eigenvalue weighted by Gasteiger charge is -2.32. The first-order chi connectivity index (χ1) is 17.0. The number of benzene rings is 2. The van der Waals surface area contributed by atoms with Gasteiger partial charge in [-0.05, 0) is 61.4 Å². The number of aromatic nitrogens is 3. The van der Waals surface area contributed by atoms with E-state index in [1.807, 2.05) is 0 Å². The highest BCUT2D eigenvalue weighted by atomic mass is 35.5. The fourth-order valence-corrected chi connectivity index (χ4v) is 4.68. The molecule has 1 fully saturated rings. The first-order valence-corrected chi connectivity index (χ1v) is 11.6. The Labute approximate surface area is 205 Å². The van der Waals surface area contributed by atoms with Crippen molar-refractivity contribution in [3.8, 4) is 17.2 Å². The Morgan fingerprint density at radius 1 is 1.17 bits per heavy atom. The SMILES string of the molecule is C=CC(=O)N1CCCC(n2c(=O)n(-c3ccc(Oc4cccc(Cl)c4F)cc3)c3cnccc32)C1. The number of amides is 1. The average Bonchev–Trinajstić information content (AvgIpc) is 3.18. The van der Waals surface area contributed by atoms with E-state index in [2.05, 4.69) is 11.6 Å². The highest BCUT2D eigenvalue weighted by molar-refractivity contribution is 6.30. The standard InChI is InChI=1S/C26H22ClFN4O3/c1-2-24(33)30-14-4-5-18(16-30)32-21-12-13-29-15-22(21)31(26(32)34)17-8-10-19(11-9-17)35-23-7-3-6-20(27)25(23)28/h2-3,6-13,15,18H,1,4-5,14,16H2. The lowest BCUT2D eigenvalue weighted by Crippen LogP contribution is -2.42. The van der Waals surface area contributed by atoms with E-state index in [1.165, 1.54) is 18.2 Å². The minimum atomic E-state index is -0.639. The summed E-state index contributed by atoms with van der Waals surface area (Å²) in [5.74, 6) is -0.366. The van der Waals surface area contributed by atoms with Crippen molar-refractivity contribution in [1.82, 2.24) is 19.0 Å². The molecule has 9 heteroatoms. The van der Waals surface area contributed by atoms with E-state index in [1.54, 1.807) is 62.8 Å². The van der Waals surface area contributed by atoms with Crippen molar-refractivity contribution in [2.24, 2.45) is 0 Å². The number of likely N-dealkylation sites (tertiary alicyclic amines) is 1. The maximum Gasteiger partial charge on any atom is 0.334 e. The van der Waals surface area contributed by atoms with Crippen LogP contribution < -0.4 is 10.4 Å². The van der Waals surface area contributed by atoms with Crippen molar-refractivity contribution in [2.45, 2.75) is 18.9 Å². The molecule has 35 heavy (non-hydrogen) atoms. The lowest BCUT2D eigenvalue weighted by atomic mass is 10.1. The smallest absolute Gasteiger partial charge is 0.334 e. The van der Waals surface area contributed by atoms with E-state index in [9.17, 15) is 14.0 Å². The van der Waals surface area contributed by atoms with E-state index in [-0.39, 0.29) is 28.4 Å². The zero-order valence-electron chi connectivity index (χ0n) is 18.7. The summed E-state index contributed by atoms with van der Waals surface area (Å²) in [5, 5.41) is -0.0259. The molecule has 1 atom stereocenters. The molecule has 1 amide bonds. The van der Waals surface area contributed by atoms with Crippen LogP contribution in [0.2, 0.25) is 5.02 Å². The molecule has 2 aromatic heterocycles. The van der Waals surface area contributed by atoms with Gasteiger partial charge in [0.25, 0.3) is 0 Å². The monoisotopic (exact) mass is 492 g/mol. The van der Waals surface area contributed by atoms with Gasteiger partial charge in [0.05, 0.1) is 34.0 Å². The largest absolute Gasteiger partial charge is 0.454 e. The van der Waals surface area contributed by atoms with Crippen LogP contribution in [-0.4, -0.2) is 38.0 Å². The highest BCUT2D eigenvalue weighted by Crippen LogP contribution is 2.30. The second-order valence-electron chi connectivity index (χ2n) is 8.28. The van der Waals surface area contributed by atoms with Crippen LogP contribution in [0.1, 0.15) is 18.9 Å². The van der Waals surface area contributed by atoms with E-state index >= 15 is 0 Å². The molecular formula is C26H22ClFN4O3. The Morgan fingerprint density at radius 2 is 1.97 bits per heavy atom. The van der Waals surface area contributed by atoms with Crippen LogP contribution in [0.3, 0.4) is 0 Å². The molecule has 1 aliphatic heterocycles. The zero-order chi connectivity index (χ0) is 24.5. The van der Waals surface area contributed by atoms with Gasteiger partial charge >= 0.3 is 5.69 Å². The van der Waals surface area contributed by atoms with Crippen molar-refractivity contribution in [2.75, 3.05) is 13.1 Å². The van der Waals surface area contributed by atoms with Gasteiger partial charge in [0.15, 0.2) is 11.6 Å². The van der Waals surface area contributed by atoms with Gasteiger partial charge in [0, 0.05) is 19.3 Å². The Hall–Kier alpha value is -3.91. The Bertz CT molecular complexity index is 1480. The van der Waals surface area contributed by atoms with Crippen molar-refractivity contribution in [3.05, 3.63) is 94.9 Å². The predicted octanol–water partition coefficient (Wildman–Crippen LogP) is 5.12. The molecule has 0 aliphatic carbocycles. The average molecular weight is 493 g/mol. The minimum Gasteiger partial charge on any atom is -0.454 e. The van der Waals surface area contributed by atoms with Gasteiger partial charge in [0.1, 0.15) is 5.75 Å². The molecule has 0 bridgehead atoms. The summed E-state index contributed by atoms with van der Waals surface area (Å²) >= 11 is 5.83. The molecule has 0 N–H and O–H groups in total. The van der Waals surface area contributed by atoms with Gasteiger partial charge in [-0.25, -0.2) is 9.18 Å². The fourth-order valence-electron chi connectivity index (χ4n) is 4.52. The topological polar surface area (TPSA) is 69.4 Å². The number of ether oxygens (including phenoxy) is 1. The molecule has 178 valence electrons. The Kier molecular flexibility index (Phi) is 6.13. The molecule has 0 saturated carbocycles. The number of carbonyl (C=O) groups is 1. The van der Waals surface area contributed by atoms with Gasteiger partial charge in [-0.2, -0.15) is 0 Å². The van der Waals surface area contributed by atoms with Crippen molar-refractivity contribution >= 4 is 28.5 Å². The normalized spacial score (nSPS) is 15.8. The van der Waals surface area contributed by atoms with E-state index in [4.69, 9.17) is 16.3 Å². The number of pyridine rings is 1. The molecule has 1 aliphatic rings. The number of imidazole rings is 1. The van der Waals surface area contributed by atoms with Gasteiger partial charge in [-0.1, -0.05) is 24.2 Å². The number of rotatable bonds is 5. The molecule has 4 aromatic rings. The quantitative estimate of drug-likeness (QED) is 0.362. The number of fused-ring (bicyclic) bond motifs is 1. The third kappa shape index (κ3) is 4.21. The van der Waals surface area contributed by atoms with Crippen LogP contribution in [0.15, 0.2) is 78.4 Å². The molecule has 5 rings (SSSR count). The number of hydrogen-bond acceptors (Lipinski definition) is 4. The molecule has 1 saturated heterocycles. The summed E-state index contributed by atoms with van der Waals surface area (Å²) < 4.78 is 23.2. The Morgan fingerprint density at radius 3 is 2.74 bits per heavy atom. The fraction of sp³-hybridized carbons (Fsp3) is 0.192. The van der Waals surface area contributed by atoms with Crippen LogP contribution in [-0.2, 0) is 4.79 Å². The van der Waals surface area contributed by atoms with Gasteiger partial charge in [-0.15, -0.1) is 0 Å². The molecule has 1 unspecified atom stereocenters. The van der Waals surface area contributed by atoms with Gasteiger partial charge < -0.3 is 9.64 Å². The molecular weight excluding hydrogens is 471 g/mol. The summed E-state index contributed by atoms with van der Waals surface area (Å²) in [6.45, 7) is 4.66. The van der Waals surface area contributed by atoms with Crippen LogP contribution in [0, 0.1) is 5.82 Å². The van der Waals surface area contributed by atoms with Crippen LogP contribution in [0.25, 0.3) is 16.7 Å². The summed E-state index contributed by atoms with van der Waals surface area (Å²) in [6.07, 6.45) is 6.17. The van der Waals surface area contributed by atoms with Crippen molar-refractivity contribution in [1.29, 1.82) is 0 Å². The summed E-state index contributed by atoms with van der Waals surface area (Å²) in [4.78, 5) is 31.8. The molecule has 2 aromatic carbocycles. The van der Waals surface area contributed by atoms with E-state index in [0.29, 0.717) is 30.0 Å². The van der Waals surface area contributed by atoms with E-state index < -0.39 is 5.82 Å². The Balaban J connectivity index is 1.51. The third-order valence-electron chi connectivity index (χ3n) is 6.16. The van der Waals surface area contributed by atoms with Crippen molar-refractivity contribution < 1.29 is 13.9 Å². The number of piperidine rings is 1. The molecule has 0 radical (unpaired) electrons. The number of halogens is 2. The second-order valence-corrected chi connectivity index (χ2v) is 8.69. The summed E-state index contributed by atoms with van der Waals surface area (Å²) in [5.41, 5.74) is 1.78. The highest BCUT2D eigenvalue weighted by Gasteiger charge is 2.27. The van der Waals surface area contributed by atoms with Crippen molar-refractivity contribution in [3.63, 3.8) is 0 Å².